The van der Waals surface area contributed by atoms with Crippen LogP contribution < -0.4 is 4.90 Å². The van der Waals surface area contributed by atoms with Crippen molar-refractivity contribution < 1.29 is 9.32 Å². The van der Waals surface area contributed by atoms with Crippen molar-refractivity contribution in [3.8, 4) is 17.2 Å². The Bertz CT molecular complexity index is 972. The molecule has 0 aliphatic carbocycles. The van der Waals surface area contributed by atoms with Gasteiger partial charge in [0.25, 0.3) is 0 Å². The number of carbonyl (C=O) groups excluding carboxylic acids is 1. The van der Waals surface area contributed by atoms with Crippen molar-refractivity contribution in [2.45, 2.75) is 26.3 Å². The number of imidazole rings is 1. The van der Waals surface area contributed by atoms with Crippen LogP contribution in [0.25, 0.3) is 17.2 Å². The summed E-state index contributed by atoms with van der Waals surface area (Å²) in [4.78, 5) is 25.0. The number of urea groups is 1. The SMILES string of the molecule is CC(C)c1nc(-c2ncn3c2CN(C(=O)N(C)C)c2ccccc2-3)no1. The largest absolute Gasteiger partial charge is 0.339 e. The van der Waals surface area contributed by atoms with E-state index in [1.807, 2.05) is 42.7 Å². The van der Waals surface area contributed by atoms with E-state index >= 15 is 0 Å². The molecule has 0 atom stereocenters. The lowest BCUT2D eigenvalue weighted by Gasteiger charge is -2.32. The molecule has 26 heavy (non-hydrogen) atoms. The second-order valence-corrected chi connectivity index (χ2v) is 6.77. The van der Waals surface area contributed by atoms with E-state index in [1.165, 1.54) is 0 Å². The van der Waals surface area contributed by atoms with E-state index < -0.39 is 0 Å². The molecule has 0 saturated carbocycles. The summed E-state index contributed by atoms with van der Waals surface area (Å²) in [7, 11) is 3.48. The zero-order valence-corrected chi connectivity index (χ0v) is 15.2. The lowest BCUT2D eigenvalue weighted by molar-refractivity contribution is 0.223. The minimum atomic E-state index is -0.0909. The Morgan fingerprint density at radius 3 is 2.62 bits per heavy atom. The maximum atomic E-state index is 12.7. The molecule has 0 N–H and O–H groups in total. The fraction of sp³-hybridized carbons (Fsp3) is 0.333. The maximum absolute atomic E-state index is 12.7. The summed E-state index contributed by atoms with van der Waals surface area (Å²) in [5, 5.41) is 4.07. The highest BCUT2D eigenvalue weighted by Gasteiger charge is 2.31. The lowest BCUT2D eigenvalue weighted by atomic mass is 10.1. The molecule has 8 heteroatoms. The van der Waals surface area contributed by atoms with Crippen molar-refractivity contribution in [3.63, 3.8) is 0 Å². The number of nitrogens with zero attached hydrogens (tertiary/aromatic N) is 6. The Morgan fingerprint density at radius 2 is 1.96 bits per heavy atom. The quantitative estimate of drug-likeness (QED) is 0.708. The third kappa shape index (κ3) is 2.45. The van der Waals surface area contributed by atoms with E-state index in [1.54, 1.807) is 30.2 Å². The van der Waals surface area contributed by atoms with Gasteiger partial charge in [-0.25, -0.2) is 9.78 Å². The first kappa shape index (κ1) is 16.3. The Labute approximate surface area is 151 Å². The van der Waals surface area contributed by atoms with Crippen LogP contribution in [0, 0.1) is 0 Å². The second-order valence-electron chi connectivity index (χ2n) is 6.77. The molecule has 134 valence electrons. The average Bonchev–Trinajstić information content (AvgIpc) is 3.27. The van der Waals surface area contributed by atoms with Crippen LogP contribution in [0.3, 0.4) is 0 Å². The average molecular weight is 352 g/mol. The number of para-hydroxylation sites is 2. The van der Waals surface area contributed by atoms with E-state index in [0.29, 0.717) is 24.0 Å². The topological polar surface area (TPSA) is 80.3 Å². The summed E-state index contributed by atoms with van der Waals surface area (Å²) in [6.45, 7) is 4.37. The minimum Gasteiger partial charge on any atom is -0.339 e. The zero-order chi connectivity index (χ0) is 18.4. The molecule has 0 radical (unpaired) electrons. The van der Waals surface area contributed by atoms with Crippen LogP contribution in [0.2, 0.25) is 0 Å². The molecular weight excluding hydrogens is 332 g/mol. The van der Waals surface area contributed by atoms with Crippen molar-refractivity contribution in [1.29, 1.82) is 0 Å². The summed E-state index contributed by atoms with van der Waals surface area (Å²) in [5.74, 6) is 1.15. The number of aromatic nitrogens is 4. The molecular formula is C18H20N6O2. The molecule has 0 saturated heterocycles. The molecule has 0 spiro atoms. The van der Waals surface area contributed by atoms with E-state index in [2.05, 4.69) is 15.1 Å². The second kappa shape index (κ2) is 5.98. The van der Waals surface area contributed by atoms with Gasteiger partial charge in [0.2, 0.25) is 11.7 Å². The van der Waals surface area contributed by atoms with Crippen molar-refractivity contribution in [2.24, 2.45) is 0 Å². The van der Waals surface area contributed by atoms with E-state index in [9.17, 15) is 4.79 Å². The zero-order valence-electron chi connectivity index (χ0n) is 15.2. The van der Waals surface area contributed by atoms with Gasteiger partial charge in [-0.05, 0) is 12.1 Å². The van der Waals surface area contributed by atoms with Crippen LogP contribution in [0.5, 0.6) is 0 Å². The van der Waals surface area contributed by atoms with Gasteiger partial charge >= 0.3 is 6.03 Å². The smallest absolute Gasteiger partial charge is 0.324 e. The van der Waals surface area contributed by atoms with Gasteiger partial charge < -0.3 is 9.42 Å². The third-order valence-electron chi connectivity index (χ3n) is 4.37. The van der Waals surface area contributed by atoms with E-state index in [0.717, 1.165) is 17.1 Å². The van der Waals surface area contributed by atoms with Crippen LogP contribution in [-0.2, 0) is 6.54 Å². The number of hydrogen-bond donors (Lipinski definition) is 0. The molecule has 1 aliphatic heterocycles. The molecule has 3 aromatic rings. The molecule has 0 fully saturated rings. The summed E-state index contributed by atoms with van der Waals surface area (Å²) < 4.78 is 7.31. The van der Waals surface area contributed by atoms with Gasteiger partial charge in [0.1, 0.15) is 12.0 Å². The molecule has 1 aliphatic rings. The van der Waals surface area contributed by atoms with Crippen LogP contribution in [0.4, 0.5) is 10.5 Å². The fourth-order valence-corrected chi connectivity index (χ4v) is 3.03. The summed E-state index contributed by atoms with van der Waals surface area (Å²) in [5.41, 5.74) is 3.23. The molecule has 2 aromatic heterocycles. The third-order valence-corrected chi connectivity index (χ3v) is 4.37. The van der Waals surface area contributed by atoms with Crippen molar-refractivity contribution in [3.05, 3.63) is 42.2 Å². The van der Waals surface area contributed by atoms with Gasteiger partial charge in [-0.15, -0.1) is 0 Å². The number of fused-ring (bicyclic) bond motifs is 3. The highest BCUT2D eigenvalue weighted by atomic mass is 16.5. The molecule has 0 unspecified atom stereocenters. The Kier molecular flexibility index (Phi) is 3.75. The van der Waals surface area contributed by atoms with Gasteiger partial charge in [0.05, 0.1) is 23.6 Å². The van der Waals surface area contributed by atoms with Crippen molar-refractivity contribution in [1.82, 2.24) is 24.6 Å². The first-order valence-corrected chi connectivity index (χ1v) is 8.45. The van der Waals surface area contributed by atoms with Crippen LogP contribution in [0.1, 0.15) is 31.4 Å². The number of anilines is 1. The monoisotopic (exact) mass is 352 g/mol. The van der Waals surface area contributed by atoms with Crippen molar-refractivity contribution >= 4 is 11.7 Å². The first-order chi connectivity index (χ1) is 12.5. The van der Waals surface area contributed by atoms with Gasteiger partial charge in [-0.3, -0.25) is 9.47 Å². The fourth-order valence-electron chi connectivity index (χ4n) is 3.03. The minimum absolute atomic E-state index is 0.0909. The van der Waals surface area contributed by atoms with Gasteiger partial charge in [-0.2, -0.15) is 4.98 Å². The van der Waals surface area contributed by atoms with E-state index in [-0.39, 0.29) is 11.9 Å². The number of rotatable bonds is 2. The summed E-state index contributed by atoms with van der Waals surface area (Å²) in [6.07, 6.45) is 1.74. The highest BCUT2D eigenvalue weighted by molar-refractivity contribution is 5.95. The first-order valence-electron chi connectivity index (χ1n) is 8.45. The maximum Gasteiger partial charge on any atom is 0.324 e. The summed E-state index contributed by atoms with van der Waals surface area (Å²) >= 11 is 0. The Morgan fingerprint density at radius 1 is 1.23 bits per heavy atom. The predicted molar refractivity (Wildman–Crippen MR) is 96.2 cm³/mol. The molecule has 8 nitrogen and oxygen atoms in total. The molecule has 1 aromatic carbocycles. The van der Waals surface area contributed by atoms with Crippen LogP contribution >= 0.6 is 0 Å². The van der Waals surface area contributed by atoms with E-state index in [4.69, 9.17) is 4.52 Å². The van der Waals surface area contributed by atoms with Gasteiger partial charge in [0, 0.05) is 20.0 Å². The Hall–Kier alpha value is -3.16. The van der Waals surface area contributed by atoms with Crippen LogP contribution in [-0.4, -0.2) is 44.7 Å². The molecule has 2 amide bonds. The number of hydrogen-bond acceptors (Lipinski definition) is 5. The van der Waals surface area contributed by atoms with Crippen molar-refractivity contribution in [2.75, 3.05) is 19.0 Å². The van der Waals surface area contributed by atoms with Crippen LogP contribution in [0.15, 0.2) is 35.1 Å². The molecule has 0 bridgehead atoms. The van der Waals surface area contributed by atoms with Gasteiger partial charge in [-0.1, -0.05) is 31.1 Å². The lowest BCUT2D eigenvalue weighted by Crippen LogP contribution is -2.41. The summed E-state index contributed by atoms with van der Waals surface area (Å²) in [6, 6.07) is 7.68. The number of benzene rings is 1. The standard InChI is InChI=1S/C18H20N6O2/c1-11(2)17-20-16(21-26-17)15-14-9-23(18(25)22(3)4)12-7-5-6-8-13(12)24(14)10-19-15/h5-8,10-11H,9H2,1-4H3. The predicted octanol–water partition coefficient (Wildman–Crippen LogP) is 3.05. The number of carbonyl (C=O) groups is 1. The molecule has 3 heterocycles. The molecule has 4 rings (SSSR count). The normalized spacial score (nSPS) is 12.9. The highest BCUT2D eigenvalue weighted by Crippen LogP contribution is 2.35. The number of amides is 2. The van der Waals surface area contributed by atoms with Gasteiger partial charge in [0.15, 0.2) is 0 Å². The Balaban J connectivity index is 1.84.